The molecule has 0 aliphatic heterocycles. The Labute approximate surface area is 185 Å². The standard InChI is InChI=1S/C21H17BrN4O5/c1-30-15-5-3-12(4-6-15)7-13-8-16(22)19(17(9-13)26(28)29)25-11-14(10-23)18(24)20(25)21(27)31-2/h3-6,8-9,11H,7,24H2,1-2H3. The molecule has 0 radical (unpaired) electrons. The average Bonchev–Trinajstić information content (AvgIpc) is 3.09. The third-order valence-corrected chi connectivity index (χ3v) is 5.26. The van der Waals surface area contributed by atoms with Gasteiger partial charge >= 0.3 is 5.97 Å². The molecule has 2 aromatic carbocycles. The summed E-state index contributed by atoms with van der Waals surface area (Å²) in [5.74, 6) is -0.109. The lowest BCUT2D eigenvalue weighted by molar-refractivity contribution is -0.384. The van der Waals surface area contributed by atoms with Crippen LogP contribution in [0.5, 0.6) is 5.75 Å². The Morgan fingerprint density at radius 1 is 1.26 bits per heavy atom. The Morgan fingerprint density at radius 2 is 1.94 bits per heavy atom. The van der Waals surface area contributed by atoms with Crippen LogP contribution in [0.3, 0.4) is 0 Å². The van der Waals surface area contributed by atoms with Gasteiger partial charge < -0.3 is 19.8 Å². The molecule has 0 amide bonds. The van der Waals surface area contributed by atoms with Gasteiger partial charge in [0.1, 0.15) is 17.5 Å². The Kier molecular flexibility index (Phi) is 6.27. The fourth-order valence-electron chi connectivity index (χ4n) is 3.19. The van der Waals surface area contributed by atoms with Gasteiger partial charge in [-0.2, -0.15) is 5.26 Å². The van der Waals surface area contributed by atoms with Crippen molar-refractivity contribution in [2.45, 2.75) is 6.42 Å². The highest BCUT2D eigenvalue weighted by molar-refractivity contribution is 9.10. The number of nitriles is 1. The molecule has 0 atom stereocenters. The summed E-state index contributed by atoms with van der Waals surface area (Å²) in [7, 11) is 2.73. The van der Waals surface area contributed by atoms with Crippen molar-refractivity contribution in [1.29, 1.82) is 5.26 Å². The van der Waals surface area contributed by atoms with Crippen molar-refractivity contribution in [3.8, 4) is 17.5 Å². The molecule has 0 aliphatic rings. The number of nitrogen functional groups attached to an aromatic ring is 1. The van der Waals surface area contributed by atoms with Crippen LogP contribution < -0.4 is 10.5 Å². The number of halogens is 1. The molecule has 0 fully saturated rings. The van der Waals surface area contributed by atoms with Crippen LogP contribution in [0, 0.1) is 21.4 Å². The minimum Gasteiger partial charge on any atom is -0.497 e. The number of carbonyl (C=O) groups excluding carboxylic acids is 1. The predicted octanol–water partition coefficient (Wildman–Crippen LogP) is 3.99. The van der Waals surface area contributed by atoms with E-state index in [-0.39, 0.29) is 28.3 Å². The van der Waals surface area contributed by atoms with E-state index in [2.05, 4.69) is 15.9 Å². The number of nitrogens with zero attached hydrogens (tertiary/aromatic N) is 3. The number of benzene rings is 2. The molecule has 0 aliphatic carbocycles. The number of nitro benzene ring substituents is 1. The van der Waals surface area contributed by atoms with Gasteiger partial charge in [-0.15, -0.1) is 0 Å². The van der Waals surface area contributed by atoms with Crippen LogP contribution in [0.1, 0.15) is 27.2 Å². The summed E-state index contributed by atoms with van der Waals surface area (Å²) in [5, 5.41) is 21.2. The molecule has 10 heteroatoms. The second-order valence-electron chi connectivity index (χ2n) is 6.51. The first kappa shape index (κ1) is 21.9. The van der Waals surface area contributed by atoms with Crippen LogP contribution in [-0.4, -0.2) is 29.7 Å². The van der Waals surface area contributed by atoms with Gasteiger partial charge in [0, 0.05) is 16.7 Å². The minimum absolute atomic E-state index is 0.00362. The molecule has 1 aromatic heterocycles. The monoisotopic (exact) mass is 484 g/mol. The molecule has 1 heterocycles. The van der Waals surface area contributed by atoms with E-state index in [0.717, 1.165) is 12.7 Å². The summed E-state index contributed by atoms with van der Waals surface area (Å²) in [6.45, 7) is 0. The van der Waals surface area contributed by atoms with E-state index in [1.54, 1.807) is 13.2 Å². The predicted molar refractivity (Wildman–Crippen MR) is 116 cm³/mol. The lowest BCUT2D eigenvalue weighted by Gasteiger charge is -2.13. The number of aromatic nitrogens is 1. The first-order chi connectivity index (χ1) is 14.8. The van der Waals surface area contributed by atoms with Gasteiger partial charge in [-0.05, 0) is 51.7 Å². The number of rotatable bonds is 6. The van der Waals surface area contributed by atoms with Gasteiger partial charge in [-0.3, -0.25) is 10.1 Å². The zero-order chi connectivity index (χ0) is 22.7. The van der Waals surface area contributed by atoms with Gasteiger partial charge in [0.2, 0.25) is 0 Å². The highest BCUT2D eigenvalue weighted by Crippen LogP contribution is 2.36. The van der Waals surface area contributed by atoms with Gasteiger partial charge in [-0.1, -0.05) is 12.1 Å². The number of anilines is 1. The lowest BCUT2D eigenvalue weighted by atomic mass is 10.0. The molecule has 3 rings (SSSR count). The third kappa shape index (κ3) is 4.22. The van der Waals surface area contributed by atoms with Crippen molar-refractivity contribution < 1.29 is 19.2 Å². The van der Waals surface area contributed by atoms with Crippen LogP contribution in [0.2, 0.25) is 0 Å². The Balaban J connectivity index is 2.15. The van der Waals surface area contributed by atoms with Gasteiger partial charge in [0.25, 0.3) is 5.69 Å². The first-order valence-electron chi connectivity index (χ1n) is 8.90. The minimum atomic E-state index is -0.817. The van der Waals surface area contributed by atoms with Crippen molar-refractivity contribution in [1.82, 2.24) is 4.57 Å². The number of nitro groups is 1. The maximum atomic E-state index is 12.3. The van der Waals surface area contributed by atoms with Gasteiger partial charge in [-0.25, -0.2) is 4.79 Å². The molecule has 0 bridgehead atoms. The van der Waals surface area contributed by atoms with Crippen LogP contribution in [0.25, 0.3) is 5.69 Å². The van der Waals surface area contributed by atoms with E-state index in [1.807, 2.05) is 30.3 Å². The number of ether oxygens (including phenoxy) is 2. The Hall–Kier alpha value is -3.84. The summed E-state index contributed by atoms with van der Waals surface area (Å²) in [6, 6.07) is 12.4. The summed E-state index contributed by atoms with van der Waals surface area (Å²) in [5.41, 5.74) is 7.06. The van der Waals surface area contributed by atoms with Crippen LogP contribution in [-0.2, 0) is 11.2 Å². The number of esters is 1. The molecular weight excluding hydrogens is 468 g/mol. The van der Waals surface area contributed by atoms with Crippen molar-refractivity contribution in [3.63, 3.8) is 0 Å². The molecule has 3 aromatic rings. The fourth-order valence-corrected chi connectivity index (χ4v) is 3.88. The Morgan fingerprint density at radius 3 is 2.48 bits per heavy atom. The third-order valence-electron chi connectivity index (χ3n) is 4.65. The highest BCUT2D eigenvalue weighted by Gasteiger charge is 2.28. The molecule has 0 spiro atoms. The number of hydrogen-bond donors (Lipinski definition) is 1. The zero-order valence-corrected chi connectivity index (χ0v) is 18.2. The van der Waals surface area contributed by atoms with E-state index < -0.39 is 10.9 Å². The molecule has 0 saturated heterocycles. The molecule has 31 heavy (non-hydrogen) atoms. The molecule has 2 N–H and O–H groups in total. The van der Waals surface area contributed by atoms with Gasteiger partial charge in [0.15, 0.2) is 5.69 Å². The lowest BCUT2D eigenvalue weighted by Crippen LogP contribution is -2.13. The topological polar surface area (TPSA) is 133 Å². The largest absolute Gasteiger partial charge is 0.497 e. The van der Waals surface area contributed by atoms with Crippen LogP contribution in [0.15, 0.2) is 47.1 Å². The summed E-state index contributed by atoms with van der Waals surface area (Å²) in [4.78, 5) is 23.6. The van der Waals surface area contributed by atoms with E-state index in [0.29, 0.717) is 22.2 Å². The average molecular weight is 485 g/mol. The Bertz CT molecular complexity index is 1210. The van der Waals surface area contributed by atoms with E-state index >= 15 is 0 Å². The normalized spacial score (nSPS) is 10.4. The smallest absolute Gasteiger partial charge is 0.357 e. The number of hydrogen-bond acceptors (Lipinski definition) is 7. The van der Waals surface area contributed by atoms with Crippen LogP contribution >= 0.6 is 15.9 Å². The quantitative estimate of drug-likeness (QED) is 0.317. The van der Waals surface area contributed by atoms with Crippen molar-refractivity contribution in [2.24, 2.45) is 0 Å². The van der Waals surface area contributed by atoms with Crippen molar-refractivity contribution in [3.05, 3.63) is 79.6 Å². The molecular formula is C21H17BrN4O5. The second kappa shape index (κ2) is 8.89. The first-order valence-corrected chi connectivity index (χ1v) is 9.69. The van der Waals surface area contributed by atoms with Crippen LogP contribution in [0.4, 0.5) is 11.4 Å². The fraction of sp³-hybridized carbons (Fsp3) is 0.143. The summed E-state index contributed by atoms with van der Waals surface area (Å²) < 4.78 is 11.5. The second-order valence-corrected chi connectivity index (χ2v) is 7.36. The molecule has 9 nitrogen and oxygen atoms in total. The molecule has 158 valence electrons. The van der Waals surface area contributed by atoms with E-state index in [4.69, 9.17) is 15.2 Å². The zero-order valence-electron chi connectivity index (χ0n) is 16.6. The number of methoxy groups -OCH3 is 2. The number of nitrogens with two attached hydrogens (primary N) is 1. The highest BCUT2D eigenvalue weighted by atomic mass is 79.9. The van der Waals surface area contributed by atoms with E-state index in [1.165, 1.54) is 16.8 Å². The van der Waals surface area contributed by atoms with E-state index in [9.17, 15) is 20.2 Å². The molecule has 0 saturated carbocycles. The maximum absolute atomic E-state index is 12.3. The summed E-state index contributed by atoms with van der Waals surface area (Å²) >= 11 is 3.38. The molecule has 0 unspecified atom stereocenters. The number of carbonyl (C=O) groups is 1. The van der Waals surface area contributed by atoms with Crippen molar-refractivity contribution in [2.75, 3.05) is 20.0 Å². The van der Waals surface area contributed by atoms with Gasteiger partial charge in [0.05, 0.1) is 30.4 Å². The SMILES string of the molecule is COC(=O)c1c(N)c(C#N)cn1-c1c(Br)cc(Cc2ccc(OC)cc2)cc1[N+](=O)[O-]. The maximum Gasteiger partial charge on any atom is 0.357 e. The summed E-state index contributed by atoms with van der Waals surface area (Å²) in [6.07, 6.45) is 1.71. The van der Waals surface area contributed by atoms with Crippen molar-refractivity contribution >= 4 is 33.3 Å².